The van der Waals surface area contributed by atoms with E-state index in [4.69, 9.17) is 11.6 Å². The molecule has 0 saturated carbocycles. The van der Waals surface area contributed by atoms with Crippen molar-refractivity contribution in [2.75, 3.05) is 0 Å². The van der Waals surface area contributed by atoms with Crippen molar-refractivity contribution >= 4 is 33.3 Å². The molecule has 0 aliphatic heterocycles. The number of carbonyl (C=O) groups is 1. The Bertz CT molecular complexity index is 598. The molecule has 92 valence electrons. The molecule has 4 heteroatoms. The molecule has 0 aliphatic rings. The van der Waals surface area contributed by atoms with Gasteiger partial charge in [0.05, 0.1) is 5.02 Å². The summed E-state index contributed by atoms with van der Waals surface area (Å²) in [6, 6.07) is 11.1. The molecule has 0 amide bonds. The zero-order valence-electron chi connectivity index (χ0n) is 9.29. The van der Waals surface area contributed by atoms with E-state index in [2.05, 4.69) is 15.9 Å². The lowest BCUT2D eigenvalue weighted by Gasteiger charge is -2.04. The first-order chi connectivity index (χ1) is 8.56. The van der Waals surface area contributed by atoms with Crippen LogP contribution in [-0.4, -0.2) is 5.78 Å². The van der Waals surface area contributed by atoms with Gasteiger partial charge >= 0.3 is 0 Å². The predicted molar refractivity (Wildman–Crippen MR) is 73.6 cm³/mol. The van der Waals surface area contributed by atoms with Crippen LogP contribution in [0.2, 0.25) is 5.02 Å². The molecule has 18 heavy (non-hydrogen) atoms. The molecule has 0 N–H and O–H groups in total. The molecule has 0 bridgehead atoms. The van der Waals surface area contributed by atoms with E-state index in [1.807, 2.05) is 0 Å². The molecule has 0 spiro atoms. The largest absolute Gasteiger partial charge is 0.294 e. The van der Waals surface area contributed by atoms with Crippen molar-refractivity contribution in [1.82, 2.24) is 0 Å². The molecule has 0 unspecified atom stereocenters. The monoisotopic (exact) mass is 326 g/mol. The summed E-state index contributed by atoms with van der Waals surface area (Å²) < 4.78 is 13.8. The second kappa shape index (κ2) is 5.63. The van der Waals surface area contributed by atoms with Gasteiger partial charge in [-0.05, 0) is 35.9 Å². The third kappa shape index (κ3) is 3.18. The Hall–Kier alpha value is -1.19. The van der Waals surface area contributed by atoms with Crippen LogP contribution in [0.3, 0.4) is 0 Å². The third-order valence-corrected chi connectivity index (χ3v) is 3.29. The molecule has 0 radical (unpaired) electrons. The highest BCUT2D eigenvalue weighted by molar-refractivity contribution is 9.10. The second-order valence-corrected chi connectivity index (χ2v) is 5.18. The van der Waals surface area contributed by atoms with Gasteiger partial charge in [0, 0.05) is 16.5 Å². The van der Waals surface area contributed by atoms with Crippen LogP contribution in [0.15, 0.2) is 46.9 Å². The molecular formula is C14H9BrClFO. The number of hydrogen-bond donors (Lipinski definition) is 0. The van der Waals surface area contributed by atoms with Gasteiger partial charge < -0.3 is 0 Å². The Morgan fingerprint density at radius 1 is 1.22 bits per heavy atom. The van der Waals surface area contributed by atoms with Crippen LogP contribution in [0.1, 0.15) is 15.9 Å². The normalized spacial score (nSPS) is 10.4. The number of Topliss-reactive ketones (excluding diaryl/α,β-unsaturated/α-hetero) is 1. The van der Waals surface area contributed by atoms with Crippen LogP contribution in [0, 0.1) is 5.82 Å². The standard InChI is InChI=1S/C14H9BrClFO/c15-10-4-5-12(13(16)8-10)14(18)7-9-2-1-3-11(17)6-9/h1-6,8H,7H2. The molecule has 2 aromatic carbocycles. The van der Waals surface area contributed by atoms with Crippen molar-refractivity contribution in [3.8, 4) is 0 Å². The maximum Gasteiger partial charge on any atom is 0.168 e. The molecule has 2 rings (SSSR count). The van der Waals surface area contributed by atoms with Crippen LogP contribution < -0.4 is 0 Å². The van der Waals surface area contributed by atoms with E-state index in [1.165, 1.54) is 12.1 Å². The fourth-order valence-electron chi connectivity index (χ4n) is 1.64. The van der Waals surface area contributed by atoms with Crippen molar-refractivity contribution in [2.45, 2.75) is 6.42 Å². The Kier molecular flexibility index (Phi) is 4.15. The molecule has 0 aromatic heterocycles. The molecule has 1 nitrogen and oxygen atoms in total. The maximum absolute atomic E-state index is 13.0. The van der Waals surface area contributed by atoms with E-state index in [9.17, 15) is 9.18 Å². The van der Waals surface area contributed by atoms with E-state index >= 15 is 0 Å². The smallest absolute Gasteiger partial charge is 0.168 e. The Morgan fingerprint density at radius 3 is 2.67 bits per heavy atom. The Labute approximate surface area is 118 Å². The van der Waals surface area contributed by atoms with Crippen molar-refractivity contribution in [3.63, 3.8) is 0 Å². The van der Waals surface area contributed by atoms with Gasteiger partial charge in [0.1, 0.15) is 5.82 Å². The fraction of sp³-hybridized carbons (Fsp3) is 0.0714. The zero-order chi connectivity index (χ0) is 13.1. The summed E-state index contributed by atoms with van der Waals surface area (Å²) in [4.78, 5) is 12.0. The van der Waals surface area contributed by atoms with Gasteiger partial charge in [0.2, 0.25) is 0 Å². The molecule has 0 saturated heterocycles. The van der Waals surface area contributed by atoms with Crippen molar-refractivity contribution in [3.05, 3.63) is 68.9 Å². The topological polar surface area (TPSA) is 17.1 Å². The van der Waals surface area contributed by atoms with Gasteiger partial charge in [-0.25, -0.2) is 4.39 Å². The van der Waals surface area contributed by atoms with Gasteiger partial charge in [-0.2, -0.15) is 0 Å². The minimum Gasteiger partial charge on any atom is -0.294 e. The van der Waals surface area contributed by atoms with Gasteiger partial charge in [0.15, 0.2) is 5.78 Å². The van der Waals surface area contributed by atoms with Gasteiger partial charge in [-0.15, -0.1) is 0 Å². The SMILES string of the molecule is O=C(Cc1cccc(F)c1)c1ccc(Br)cc1Cl. The summed E-state index contributed by atoms with van der Waals surface area (Å²) in [5.41, 5.74) is 1.09. The van der Waals surface area contributed by atoms with E-state index in [-0.39, 0.29) is 18.0 Å². The summed E-state index contributed by atoms with van der Waals surface area (Å²) in [7, 11) is 0. The highest BCUT2D eigenvalue weighted by Gasteiger charge is 2.11. The lowest BCUT2D eigenvalue weighted by Crippen LogP contribution is -2.04. The second-order valence-electron chi connectivity index (χ2n) is 3.85. The number of halogens is 3. The summed E-state index contributed by atoms with van der Waals surface area (Å²) >= 11 is 9.27. The summed E-state index contributed by atoms with van der Waals surface area (Å²) in [5, 5.41) is 0.394. The lowest BCUT2D eigenvalue weighted by molar-refractivity contribution is 0.0993. The summed E-state index contributed by atoms with van der Waals surface area (Å²) in [6.45, 7) is 0. The maximum atomic E-state index is 13.0. The van der Waals surface area contributed by atoms with Crippen molar-refractivity contribution < 1.29 is 9.18 Å². The first-order valence-corrected chi connectivity index (χ1v) is 6.46. The summed E-state index contributed by atoms with van der Waals surface area (Å²) in [6.07, 6.45) is 0.138. The number of hydrogen-bond acceptors (Lipinski definition) is 1. The average Bonchev–Trinajstić information content (AvgIpc) is 2.28. The zero-order valence-corrected chi connectivity index (χ0v) is 11.6. The number of ketones is 1. The first-order valence-electron chi connectivity index (χ1n) is 5.29. The van der Waals surface area contributed by atoms with Crippen LogP contribution in [0.25, 0.3) is 0 Å². The van der Waals surface area contributed by atoms with Gasteiger partial charge in [-0.1, -0.05) is 39.7 Å². The lowest BCUT2D eigenvalue weighted by atomic mass is 10.0. The quantitative estimate of drug-likeness (QED) is 0.749. The van der Waals surface area contributed by atoms with E-state index in [0.29, 0.717) is 16.1 Å². The molecule has 0 aliphatic carbocycles. The third-order valence-electron chi connectivity index (χ3n) is 2.49. The Balaban J connectivity index is 2.22. The number of rotatable bonds is 3. The summed E-state index contributed by atoms with van der Waals surface area (Å²) in [5.74, 6) is -0.472. The molecular weight excluding hydrogens is 319 g/mol. The van der Waals surface area contributed by atoms with Crippen LogP contribution in [0.5, 0.6) is 0 Å². The van der Waals surface area contributed by atoms with E-state index in [1.54, 1.807) is 30.3 Å². The average molecular weight is 328 g/mol. The number of benzene rings is 2. The predicted octanol–water partition coefficient (Wildman–Crippen LogP) is 4.67. The van der Waals surface area contributed by atoms with Crippen molar-refractivity contribution in [1.29, 1.82) is 0 Å². The van der Waals surface area contributed by atoms with E-state index < -0.39 is 0 Å². The van der Waals surface area contributed by atoms with Crippen molar-refractivity contribution in [2.24, 2.45) is 0 Å². The minimum atomic E-state index is -0.345. The van der Waals surface area contributed by atoms with E-state index in [0.717, 1.165) is 4.47 Å². The fourth-order valence-corrected chi connectivity index (χ4v) is 2.42. The molecule has 0 heterocycles. The Morgan fingerprint density at radius 2 is 2.00 bits per heavy atom. The van der Waals surface area contributed by atoms with Gasteiger partial charge in [0.25, 0.3) is 0 Å². The molecule has 2 aromatic rings. The highest BCUT2D eigenvalue weighted by atomic mass is 79.9. The van der Waals surface area contributed by atoms with Crippen LogP contribution >= 0.6 is 27.5 Å². The molecule has 0 atom stereocenters. The highest BCUT2D eigenvalue weighted by Crippen LogP contribution is 2.22. The van der Waals surface area contributed by atoms with Crippen LogP contribution in [0.4, 0.5) is 4.39 Å². The van der Waals surface area contributed by atoms with Crippen LogP contribution in [-0.2, 0) is 6.42 Å². The molecule has 0 fully saturated rings. The van der Waals surface area contributed by atoms with Gasteiger partial charge in [-0.3, -0.25) is 4.79 Å². The number of carbonyl (C=O) groups excluding carboxylic acids is 1. The minimum absolute atomic E-state index is 0.127. The first kappa shape index (κ1) is 13.2.